The first kappa shape index (κ1) is 12.8. The molecule has 17 heavy (non-hydrogen) atoms. The molecule has 0 aromatic carbocycles. The second-order valence-electron chi connectivity index (χ2n) is 6.25. The van der Waals surface area contributed by atoms with Crippen molar-refractivity contribution in [1.82, 2.24) is 0 Å². The van der Waals surface area contributed by atoms with Crippen LogP contribution in [-0.4, -0.2) is 29.0 Å². The number of carboxylic acids is 1. The average molecular weight is 244 g/mol. The Hall–Kier alpha value is -0.640. The zero-order chi connectivity index (χ0) is 13.0. The summed E-state index contributed by atoms with van der Waals surface area (Å²) in [5.74, 6) is -1.87. The highest BCUT2D eigenvalue weighted by Crippen LogP contribution is 2.59. The Morgan fingerprint density at radius 3 is 2.59 bits per heavy atom. The number of hydrogen-bond donors (Lipinski definition) is 1. The third-order valence-corrected chi connectivity index (χ3v) is 5.20. The number of fused-ring (bicyclic) bond motifs is 2. The van der Waals surface area contributed by atoms with Crippen molar-refractivity contribution in [3.63, 3.8) is 0 Å². The van der Waals surface area contributed by atoms with Gasteiger partial charge < -0.3 is 9.84 Å². The Balaban J connectivity index is 2.30. The summed E-state index contributed by atoms with van der Waals surface area (Å²) in [7, 11) is 0. The highest BCUT2D eigenvalue weighted by molar-refractivity contribution is 5.70. The number of hydrogen-bond acceptors (Lipinski definition) is 2. The summed E-state index contributed by atoms with van der Waals surface area (Å²) < 4.78 is 20.3. The first-order valence-electron chi connectivity index (χ1n) is 6.25. The summed E-state index contributed by atoms with van der Waals surface area (Å²) in [5, 5.41) is 9.01. The zero-order valence-corrected chi connectivity index (χ0v) is 10.9. The van der Waals surface area contributed by atoms with Crippen LogP contribution in [0.1, 0.15) is 40.5 Å². The minimum atomic E-state index is -1.17. The fourth-order valence-corrected chi connectivity index (χ4v) is 3.39. The van der Waals surface area contributed by atoms with Gasteiger partial charge in [0.1, 0.15) is 12.3 Å². The van der Waals surface area contributed by atoms with Crippen LogP contribution in [0.3, 0.4) is 0 Å². The maximum absolute atomic E-state index is 14.4. The van der Waals surface area contributed by atoms with Gasteiger partial charge in [-0.3, -0.25) is 4.79 Å². The van der Waals surface area contributed by atoms with Gasteiger partial charge >= 0.3 is 5.97 Å². The van der Waals surface area contributed by atoms with E-state index in [0.717, 1.165) is 12.8 Å². The Morgan fingerprint density at radius 1 is 1.47 bits per heavy atom. The van der Waals surface area contributed by atoms with Crippen LogP contribution in [0.15, 0.2) is 0 Å². The highest BCUT2D eigenvalue weighted by Gasteiger charge is 2.62. The van der Waals surface area contributed by atoms with Crippen LogP contribution in [0.4, 0.5) is 4.39 Å². The summed E-state index contributed by atoms with van der Waals surface area (Å²) in [6.07, 6.45) is -0.383. The first-order chi connectivity index (χ1) is 7.71. The average Bonchev–Trinajstić information content (AvgIpc) is 2.36. The quantitative estimate of drug-likeness (QED) is 0.812. The van der Waals surface area contributed by atoms with E-state index < -0.39 is 29.8 Å². The zero-order valence-electron chi connectivity index (χ0n) is 10.9. The lowest BCUT2D eigenvalue weighted by molar-refractivity contribution is -0.224. The molecular formula is C13H21FO3. The summed E-state index contributed by atoms with van der Waals surface area (Å²) in [5.41, 5.74) is -0.615. The Kier molecular flexibility index (Phi) is 2.77. The second-order valence-corrected chi connectivity index (χ2v) is 6.25. The lowest BCUT2D eigenvalue weighted by Gasteiger charge is -2.51. The molecule has 4 heteroatoms. The number of aliphatic carboxylic acids is 1. The smallest absolute Gasteiger partial charge is 0.308 e. The van der Waals surface area contributed by atoms with E-state index in [2.05, 4.69) is 0 Å². The van der Waals surface area contributed by atoms with E-state index in [-0.39, 0.29) is 11.3 Å². The molecule has 5 atom stereocenters. The van der Waals surface area contributed by atoms with Crippen LogP contribution in [0.2, 0.25) is 0 Å². The van der Waals surface area contributed by atoms with E-state index in [0.29, 0.717) is 0 Å². The molecule has 0 spiro atoms. The largest absolute Gasteiger partial charge is 0.481 e. The van der Waals surface area contributed by atoms with Crippen molar-refractivity contribution in [2.45, 2.75) is 58.4 Å². The van der Waals surface area contributed by atoms with E-state index in [4.69, 9.17) is 9.84 Å². The van der Waals surface area contributed by atoms with Gasteiger partial charge in [-0.1, -0.05) is 13.8 Å². The van der Waals surface area contributed by atoms with Gasteiger partial charge in [0, 0.05) is 5.92 Å². The fraction of sp³-hybridized carbons (Fsp3) is 0.923. The topological polar surface area (TPSA) is 46.5 Å². The SMILES string of the molecule is C[C@H](C(=O)O)[C@H]1OC2(C)CCC(C1F)C2(C)C. The Labute approximate surface area is 101 Å². The molecule has 1 saturated heterocycles. The molecule has 0 aromatic heterocycles. The van der Waals surface area contributed by atoms with Gasteiger partial charge in [-0.05, 0) is 32.1 Å². The van der Waals surface area contributed by atoms with Crippen molar-refractivity contribution in [2.24, 2.45) is 17.3 Å². The molecule has 0 amide bonds. The maximum Gasteiger partial charge on any atom is 0.308 e. The molecule has 1 aliphatic heterocycles. The van der Waals surface area contributed by atoms with Gasteiger partial charge in [0.15, 0.2) is 0 Å². The fourth-order valence-electron chi connectivity index (χ4n) is 3.39. The van der Waals surface area contributed by atoms with Crippen molar-refractivity contribution in [3.8, 4) is 0 Å². The van der Waals surface area contributed by atoms with Gasteiger partial charge in [-0.25, -0.2) is 4.39 Å². The van der Waals surface area contributed by atoms with Crippen LogP contribution in [0.25, 0.3) is 0 Å². The van der Waals surface area contributed by atoms with Gasteiger partial charge in [0.25, 0.3) is 0 Å². The number of carboxylic acid groups (broad SMARTS) is 1. The number of ether oxygens (including phenoxy) is 1. The van der Waals surface area contributed by atoms with E-state index in [1.165, 1.54) is 6.92 Å². The van der Waals surface area contributed by atoms with E-state index in [9.17, 15) is 9.18 Å². The molecule has 1 N–H and O–H groups in total. The number of rotatable bonds is 2. The Bertz CT molecular complexity index is 342. The number of carbonyl (C=O) groups is 1. The van der Waals surface area contributed by atoms with Gasteiger partial charge in [-0.15, -0.1) is 0 Å². The molecule has 2 bridgehead atoms. The first-order valence-corrected chi connectivity index (χ1v) is 6.25. The number of halogens is 1. The van der Waals surface area contributed by atoms with Crippen LogP contribution in [0.5, 0.6) is 0 Å². The predicted molar refractivity (Wildman–Crippen MR) is 61.5 cm³/mol. The molecule has 1 heterocycles. The van der Waals surface area contributed by atoms with Crippen LogP contribution in [0, 0.1) is 17.3 Å². The molecule has 3 nitrogen and oxygen atoms in total. The van der Waals surface area contributed by atoms with Crippen molar-refractivity contribution < 1.29 is 19.0 Å². The van der Waals surface area contributed by atoms with Gasteiger partial charge in [-0.2, -0.15) is 0 Å². The second kappa shape index (κ2) is 3.67. The predicted octanol–water partition coefficient (Wildman–Crippen LogP) is 2.64. The molecule has 2 fully saturated rings. The van der Waals surface area contributed by atoms with E-state index in [1.807, 2.05) is 20.8 Å². The van der Waals surface area contributed by atoms with Crippen LogP contribution >= 0.6 is 0 Å². The van der Waals surface area contributed by atoms with E-state index in [1.54, 1.807) is 0 Å². The lowest BCUT2D eigenvalue weighted by Crippen LogP contribution is -2.57. The van der Waals surface area contributed by atoms with Crippen molar-refractivity contribution in [3.05, 3.63) is 0 Å². The Morgan fingerprint density at radius 2 is 2.06 bits per heavy atom. The number of alkyl halides is 1. The summed E-state index contributed by atoms with van der Waals surface area (Å²) in [4.78, 5) is 11.0. The van der Waals surface area contributed by atoms with Crippen molar-refractivity contribution >= 4 is 5.97 Å². The molecule has 2 rings (SSSR count). The monoisotopic (exact) mass is 244 g/mol. The molecule has 98 valence electrons. The normalized spacial score (nSPS) is 45.6. The molecule has 1 saturated carbocycles. The highest BCUT2D eigenvalue weighted by atomic mass is 19.1. The van der Waals surface area contributed by atoms with Crippen LogP contribution in [-0.2, 0) is 9.53 Å². The minimum Gasteiger partial charge on any atom is -0.481 e. The van der Waals surface area contributed by atoms with Crippen LogP contribution < -0.4 is 0 Å². The molecular weight excluding hydrogens is 223 g/mol. The van der Waals surface area contributed by atoms with Crippen molar-refractivity contribution in [2.75, 3.05) is 0 Å². The third kappa shape index (κ3) is 1.60. The summed E-state index contributed by atoms with van der Waals surface area (Å²) >= 11 is 0. The minimum absolute atomic E-state index is 0.0898. The third-order valence-electron chi connectivity index (χ3n) is 5.20. The molecule has 0 radical (unpaired) electrons. The molecule has 1 aliphatic carbocycles. The summed E-state index contributed by atoms with van der Waals surface area (Å²) in [6.45, 7) is 7.57. The molecule has 0 aromatic rings. The van der Waals surface area contributed by atoms with Gasteiger partial charge in [0.2, 0.25) is 0 Å². The van der Waals surface area contributed by atoms with Crippen molar-refractivity contribution in [1.29, 1.82) is 0 Å². The van der Waals surface area contributed by atoms with Gasteiger partial charge in [0.05, 0.1) is 11.5 Å². The molecule has 2 aliphatic rings. The van der Waals surface area contributed by atoms with E-state index >= 15 is 0 Å². The maximum atomic E-state index is 14.4. The lowest BCUT2D eigenvalue weighted by atomic mass is 9.67. The standard InChI is InChI=1S/C13H21FO3/c1-7(11(15)16)10-9(14)8-5-6-13(4,17-10)12(8,2)3/h7-10H,5-6H2,1-4H3,(H,15,16)/t7-,8?,9?,10+,13?/m0/s1. The summed E-state index contributed by atoms with van der Waals surface area (Å²) in [6, 6.07) is 0. The molecule has 3 unspecified atom stereocenters.